The predicted molar refractivity (Wildman–Crippen MR) is 85.0 cm³/mol. The van der Waals surface area contributed by atoms with Crippen molar-refractivity contribution < 1.29 is 4.74 Å². The molecule has 1 N–H and O–H groups in total. The fraction of sp³-hybridized carbons (Fsp3) is 1.00. The number of morpholine rings is 1. The van der Waals surface area contributed by atoms with Gasteiger partial charge in [0.15, 0.2) is 0 Å². The Kier molecular flexibility index (Phi) is 4.54. The van der Waals surface area contributed by atoms with Crippen LogP contribution in [0, 0.1) is 11.8 Å². The second kappa shape index (κ2) is 5.58. The van der Waals surface area contributed by atoms with Gasteiger partial charge >= 0.3 is 0 Å². The molecule has 1 aliphatic carbocycles. The summed E-state index contributed by atoms with van der Waals surface area (Å²) in [5, 5.41) is 3.58. The molecule has 2 aliphatic rings. The number of nitrogens with zero attached hydrogens (tertiary/aromatic N) is 1. The van der Waals surface area contributed by atoms with Gasteiger partial charge in [-0.15, -0.1) is 0 Å². The standard InChI is InChI=1S/C17H34N2O/c1-12-8-13(2)15(14(9-12)18-7)19-10-16(3,4)20-17(5,6)11-19/h12-15,18H,8-11H2,1-7H3. The first kappa shape index (κ1) is 16.3. The molecule has 0 radical (unpaired) electrons. The monoisotopic (exact) mass is 282 g/mol. The Hall–Kier alpha value is -0.120. The van der Waals surface area contributed by atoms with Crippen LogP contribution in [0.5, 0.6) is 0 Å². The minimum Gasteiger partial charge on any atom is -0.367 e. The van der Waals surface area contributed by atoms with Crippen LogP contribution in [-0.4, -0.2) is 48.3 Å². The van der Waals surface area contributed by atoms with Gasteiger partial charge in [-0.25, -0.2) is 0 Å². The summed E-state index contributed by atoms with van der Waals surface area (Å²) < 4.78 is 6.25. The fourth-order valence-corrected chi connectivity index (χ4v) is 4.80. The van der Waals surface area contributed by atoms with Crippen molar-refractivity contribution in [3.8, 4) is 0 Å². The van der Waals surface area contributed by atoms with Crippen LogP contribution in [-0.2, 0) is 4.74 Å². The zero-order chi connectivity index (χ0) is 15.1. The summed E-state index contributed by atoms with van der Waals surface area (Å²) in [4.78, 5) is 2.70. The topological polar surface area (TPSA) is 24.5 Å². The SMILES string of the molecule is CNC1CC(C)CC(C)C1N1CC(C)(C)OC(C)(C)C1. The summed E-state index contributed by atoms with van der Waals surface area (Å²) in [6, 6.07) is 1.25. The first-order valence-electron chi connectivity index (χ1n) is 8.25. The van der Waals surface area contributed by atoms with Crippen molar-refractivity contribution in [1.29, 1.82) is 0 Å². The van der Waals surface area contributed by atoms with Crippen LogP contribution in [0.25, 0.3) is 0 Å². The summed E-state index contributed by atoms with van der Waals surface area (Å²) in [7, 11) is 2.12. The van der Waals surface area contributed by atoms with Gasteiger partial charge in [0.05, 0.1) is 11.2 Å². The van der Waals surface area contributed by atoms with Gasteiger partial charge in [0.1, 0.15) is 0 Å². The van der Waals surface area contributed by atoms with Crippen LogP contribution in [0.2, 0.25) is 0 Å². The molecule has 1 saturated heterocycles. The third-order valence-corrected chi connectivity index (χ3v) is 4.94. The molecule has 3 heteroatoms. The highest BCUT2D eigenvalue weighted by molar-refractivity contribution is 4.99. The van der Waals surface area contributed by atoms with Crippen LogP contribution < -0.4 is 5.32 Å². The van der Waals surface area contributed by atoms with Crippen molar-refractivity contribution in [3.05, 3.63) is 0 Å². The fourth-order valence-electron chi connectivity index (χ4n) is 4.80. The number of ether oxygens (including phenoxy) is 1. The minimum atomic E-state index is -0.0528. The second-order valence-corrected chi connectivity index (χ2v) is 8.47. The highest BCUT2D eigenvalue weighted by Gasteiger charge is 2.45. The Bertz CT molecular complexity index is 324. The molecule has 1 aliphatic heterocycles. The second-order valence-electron chi connectivity index (χ2n) is 8.47. The smallest absolute Gasteiger partial charge is 0.0760 e. The van der Waals surface area contributed by atoms with Crippen molar-refractivity contribution in [2.45, 2.75) is 77.7 Å². The Morgan fingerprint density at radius 3 is 2.05 bits per heavy atom. The molecule has 1 heterocycles. The molecule has 0 spiro atoms. The Balaban J connectivity index is 2.19. The normalized spacial score (nSPS) is 41.5. The molecule has 0 bridgehead atoms. The van der Waals surface area contributed by atoms with E-state index in [9.17, 15) is 0 Å². The summed E-state index contributed by atoms with van der Waals surface area (Å²) in [5.74, 6) is 1.58. The quantitative estimate of drug-likeness (QED) is 0.843. The maximum atomic E-state index is 6.25. The van der Waals surface area contributed by atoms with E-state index >= 15 is 0 Å². The van der Waals surface area contributed by atoms with E-state index in [1.807, 2.05) is 0 Å². The molecule has 0 amide bonds. The van der Waals surface area contributed by atoms with E-state index in [1.165, 1.54) is 12.8 Å². The van der Waals surface area contributed by atoms with Gasteiger partial charge in [0.2, 0.25) is 0 Å². The molecule has 4 atom stereocenters. The van der Waals surface area contributed by atoms with Gasteiger partial charge in [-0.1, -0.05) is 13.8 Å². The van der Waals surface area contributed by atoms with Crippen molar-refractivity contribution in [1.82, 2.24) is 10.2 Å². The molecular formula is C17H34N2O. The first-order chi connectivity index (χ1) is 9.13. The average molecular weight is 282 g/mol. The van der Waals surface area contributed by atoms with Gasteiger partial charge in [-0.3, -0.25) is 4.90 Å². The van der Waals surface area contributed by atoms with E-state index in [0.29, 0.717) is 12.1 Å². The lowest BCUT2D eigenvalue weighted by Crippen LogP contribution is -2.65. The van der Waals surface area contributed by atoms with E-state index in [-0.39, 0.29) is 11.2 Å². The Morgan fingerprint density at radius 1 is 1.00 bits per heavy atom. The van der Waals surface area contributed by atoms with Gasteiger partial charge < -0.3 is 10.1 Å². The molecule has 1 saturated carbocycles. The van der Waals surface area contributed by atoms with Gasteiger partial charge in [-0.2, -0.15) is 0 Å². The molecular weight excluding hydrogens is 248 g/mol. The molecule has 0 aromatic rings. The van der Waals surface area contributed by atoms with Crippen LogP contribution in [0.15, 0.2) is 0 Å². The van der Waals surface area contributed by atoms with Crippen molar-refractivity contribution in [2.75, 3.05) is 20.1 Å². The van der Waals surface area contributed by atoms with Crippen molar-refractivity contribution in [2.24, 2.45) is 11.8 Å². The summed E-state index contributed by atoms with van der Waals surface area (Å²) in [6.45, 7) is 15.8. The predicted octanol–water partition coefficient (Wildman–Crippen LogP) is 2.90. The zero-order valence-corrected chi connectivity index (χ0v) is 14.5. The number of nitrogens with one attached hydrogen (secondary N) is 1. The molecule has 3 nitrogen and oxygen atoms in total. The van der Waals surface area contributed by atoms with Gasteiger partial charge in [-0.05, 0) is 59.4 Å². The van der Waals surface area contributed by atoms with Gasteiger partial charge in [0.25, 0.3) is 0 Å². The van der Waals surface area contributed by atoms with Crippen molar-refractivity contribution in [3.63, 3.8) is 0 Å². The van der Waals surface area contributed by atoms with E-state index in [0.717, 1.165) is 24.9 Å². The zero-order valence-electron chi connectivity index (χ0n) is 14.5. The van der Waals surface area contributed by atoms with Crippen molar-refractivity contribution >= 4 is 0 Å². The third-order valence-electron chi connectivity index (χ3n) is 4.94. The van der Waals surface area contributed by atoms with E-state index < -0.39 is 0 Å². The van der Waals surface area contributed by atoms with Gasteiger partial charge in [0, 0.05) is 25.2 Å². The van der Waals surface area contributed by atoms with E-state index in [2.05, 4.69) is 58.8 Å². The van der Waals surface area contributed by atoms with Crippen LogP contribution in [0.1, 0.15) is 54.4 Å². The average Bonchev–Trinajstić information content (AvgIpc) is 2.22. The Morgan fingerprint density at radius 2 is 1.55 bits per heavy atom. The molecule has 2 fully saturated rings. The lowest BCUT2D eigenvalue weighted by molar-refractivity contribution is -0.194. The summed E-state index contributed by atoms with van der Waals surface area (Å²) >= 11 is 0. The van der Waals surface area contributed by atoms with E-state index in [1.54, 1.807) is 0 Å². The number of likely N-dealkylation sites (N-methyl/N-ethyl adjacent to an activating group) is 1. The van der Waals surface area contributed by atoms with Crippen LogP contribution >= 0.6 is 0 Å². The number of hydrogen-bond donors (Lipinski definition) is 1. The maximum Gasteiger partial charge on any atom is 0.0760 e. The van der Waals surface area contributed by atoms with Crippen LogP contribution in [0.4, 0.5) is 0 Å². The highest BCUT2D eigenvalue weighted by Crippen LogP contribution is 2.37. The number of rotatable bonds is 2. The molecule has 0 aromatic carbocycles. The number of hydrogen-bond acceptors (Lipinski definition) is 3. The lowest BCUT2D eigenvalue weighted by Gasteiger charge is -2.54. The van der Waals surface area contributed by atoms with E-state index in [4.69, 9.17) is 4.74 Å². The Labute approximate surface area is 125 Å². The van der Waals surface area contributed by atoms with Crippen LogP contribution in [0.3, 0.4) is 0 Å². The molecule has 0 aromatic heterocycles. The maximum absolute atomic E-state index is 6.25. The molecule has 4 unspecified atom stereocenters. The largest absolute Gasteiger partial charge is 0.367 e. The molecule has 2 rings (SSSR count). The third kappa shape index (κ3) is 3.55. The molecule has 20 heavy (non-hydrogen) atoms. The molecule has 118 valence electrons. The summed E-state index contributed by atoms with van der Waals surface area (Å²) in [5.41, 5.74) is -0.106. The lowest BCUT2D eigenvalue weighted by atomic mass is 9.75. The minimum absolute atomic E-state index is 0.0528. The first-order valence-corrected chi connectivity index (χ1v) is 8.25. The summed E-state index contributed by atoms with van der Waals surface area (Å²) in [6.07, 6.45) is 2.64. The highest BCUT2D eigenvalue weighted by atomic mass is 16.5.